The van der Waals surface area contributed by atoms with Gasteiger partial charge in [-0.3, -0.25) is 9.59 Å². The molecule has 9 heteroatoms. The van der Waals surface area contributed by atoms with E-state index in [1.54, 1.807) is 26.8 Å². The van der Waals surface area contributed by atoms with E-state index in [0.717, 1.165) is 19.3 Å². The smallest absolute Gasteiger partial charge is 0.408 e. The highest BCUT2D eigenvalue weighted by molar-refractivity contribution is 5.94. The van der Waals surface area contributed by atoms with Crippen LogP contribution in [-0.4, -0.2) is 70.1 Å². The standard InChI is InChI=1S/C25H39N3O6/c1-6-8-9-10-11-12-19(26-23(33)34-24(3,4)5)22(32)28-15-18(30)13-20(28)21(31)27-25(16-29)14-17(25)7-2/h6-7,16-20,30H,1-2,8-15H2,3-5H3,(H,26,33)(H,27,31)/t17-,18-,19+,20+,25+/m1/s1. The van der Waals surface area contributed by atoms with Gasteiger partial charge >= 0.3 is 6.09 Å². The van der Waals surface area contributed by atoms with Crippen LogP contribution in [0.3, 0.4) is 0 Å². The van der Waals surface area contributed by atoms with Gasteiger partial charge < -0.3 is 30.2 Å². The van der Waals surface area contributed by atoms with Crippen molar-refractivity contribution in [3.8, 4) is 0 Å². The Morgan fingerprint density at radius 2 is 1.94 bits per heavy atom. The summed E-state index contributed by atoms with van der Waals surface area (Å²) in [5.41, 5.74) is -1.73. The van der Waals surface area contributed by atoms with Gasteiger partial charge in [0.05, 0.1) is 6.10 Å². The number of nitrogens with zero attached hydrogens (tertiary/aromatic N) is 1. The van der Waals surface area contributed by atoms with Gasteiger partial charge in [-0.05, 0) is 46.5 Å². The van der Waals surface area contributed by atoms with Crippen molar-refractivity contribution in [1.29, 1.82) is 0 Å². The summed E-state index contributed by atoms with van der Waals surface area (Å²) in [5.74, 6) is -1.10. The molecule has 3 amide bonds. The van der Waals surface area contributed by atoms with Crippen LogP contribution in [0.4, 0.5) is 4.79 Å². The normalized spacial score (nSPS) is 26.8. The van der Waals surface area contributed by atoms with E-state index < -0.39 is 47.2 Å². The van der Waals surface area contributed by atoms with Gasteiger partial charge in [-0.1, -0.05) is 25.0 Å². The van der Waals surface area contributed by atoms with Crippen LogP contribution in [0.25, 0.3) is 0 Å². The molecule has 9 nitrogen and oxygen atoms in total. The number of hydrogen-bond donors (Lipinski definition) is 3. The minimum Gasteiger partial charge on any atom is -0.444 e. The van der Waals surface area contributed by atoms with Crippen LogP contribution in [0, 0.1) is 5.92 Å². The number of amides is 3. The van der Waals surface area contributed by atoms with E-state index in [1.807, 2.05) is 6.08 Å². The van der Waals surface area contributed by atoms with Crippen molar-refractivity contribution in [3.05, 3.63) is 25.3 Å². The second kappa shape index (κ2) is 11.6. The van der Waals surface area contributed by atoms with Crippen LogP contribution >= 0.6 is 0 Å². The minimum atomic E-state index is -1.000. The van der Waals surface area contributed by atoms with Gasteiger partial charge in [-0.2, -0.15) is 0 Å². The van der Waals surface area contributed by atoms with Gasteiger partial charge in [0, 0.05) is 18.9 Å². The lowest BCUT2D eigenvalue weighted by Gasteiger charge is -2.30. The SMILES string of the molecule is C=CCCCCC[C@H](NC(=O)OC(C)(C)C)C(=O)N1C[C@H](O)C[C@H]1C(=O)N[C@]1(C=O)C[C@H]1C=C. The van der Waals surface area contributed by atoms with E-state index in [1.165, 1.54) is 4.90 Å². The predicted octanol–water partition coefficient (Wildman–Crippen LogP) is 2.24. The second-order valence-electron chi connectivity index (χ2n) is 10.2. The van der Waals surface area contributed by atoms with Gasteiger partial charge in [0.25, 0.3) is 0 Å². The molecule has 0 aromatic heterocycles. The quantitative estimate of drug-likeness (QED) is 0.225. The summed E-state index contributed by atoms with van der Waals surface area (Å²) in [6.07, 6.45) is 6.76. The first-order valence-corrected chi connectivity index (χ1v) is 12.0. The molecule has 0 unspecified atom stereocenters. The van der Waals surface area contributed by atoms with Crippen molar-refractivity contribution in [2.75, 3.05) is 6.54 Å². The van der Waals surface area contributed by atoms with E-state index in [2.05, 4.69) is 23.8 Å². The topological polar surface area (TPSA) is 125 Å². The number of allylic oxidation sites excluding steroid dienone is 1. The highest BCUT2D eigenvalue weighted by Gasteiger charge is 2.55. The molecule has 1 saturated carbocycles. The maximum Gasteiger partial charge on any atom is 0.408 e. The Bertz CT molecular complexity index is 792. The summed E-state index contributed by atoms with van der Waals surface area (Å²) in [5, 5.41) is 15.6. The number of ether oxygens (including phenoxy) is 1. The average molecular weight is 478 g/mol. The molecule has 3 N–H and O–H groups in total. The number of unbranched alkanes of at least 4 members (excludes halogenated alkanes) is 3. The minimum absolute atomic E-state index is 0.0289. The molecule has 34 heavy (non-hydrogen) atoms. The van der Waals surface area contributed by atoms with Crippen molar-refractivity contribution in [3.63, 3.8) is 0 Å². The summed E-state index contributed by atoms with van der Waals surface area (Å²) in [4.78, 5) is 51.8. The fourth-order valence-electron chi connectivity index (χ4n) is 4.25. The number of carbonyl (C=O) groups is 4. The molecule has 1 saturated heterocycles. The van der Waals surface area contributed by atoms with Gasteiger partial charge in [-0.25, -0.2) is 4.79 Å². The van der Waals surface area contributed by atoms with Crippen LogP contribution in [0.2, 0.25) is 0 Å². The summed E-state index contributed by atoms with van der Waals surface area (Å²) < 4.78 is 5.32. The molecule has 1 aliphatic carbocycles. The number of β-amino-alcohol motifs (C(OH)–C–C–N with tert-alkyl or cyclic N) is 1. The fraction of sp³-hybridized carbons (Fsp3) is 0.680. The van der Waals surface area contributed by atoms with E-state index in [0.29, 0.717) is 25.5 Å². The number of carbonyl (C=O) groups excluding carboxylic acids is 4. The van der Waals surface area contributed by atoms with Crippen molar-refractivity contribution < 1.29 is 29.0 Å². The molecule has 1 aliphatic heterocycles. The zero-order valence-electron chi connectivity index (χ0n) is 20.5. The second-order valence-corrected chi connectivity index (χ2v) is 10.2. The molecule has 0 spiro atoms. The third-order valence-electron chi connectivity index (χ3n) is 6.16. The Morgan fingerprint density at radius 1 is 1.24 bits per heavy atom. The Morgan fingerprint density at radius 3 is 2.50 bits per heavy atom. The Balaban J connectivity index is 2.12. The average Bonchev–Trinajstić information content (AvgIpc) is 3.31. The van der Waals surface area contributed by atoms with Gasteiger partial charge in [0.15, 0.2) is 0 Å². The Labute approximate surface area is 202 Å². The first-order valence-electron chi connectivity index (χ1n) is 12.0. The molecule has 2 rings (SSSR count). The van der Waals surface area contributed by atoms with Crippen molar-refractivity contribution in [2.45, 2.75) is 95.0 Å². The van der Waals surface area contributed by atoms with Gasteiger partial charge in [0.1, 0.15) is 29.5 Å². The molecule has 2 aliphatic rings. The lowest BCUT2D eigenvalue weighted by molar-refractivity contribution is -0.140. The summed E-state index contributed by atoms with van der Waals surface area (Å²) in [6, 6.07) is -1.84. The fourth-order valence-corrected chi connectivity index (χ4v) is 4.25. The monoisotopic (exact) mass is 477 g/mol. The molecular weight excluding hydrogens is 438 g/mol. The van der Waals surface area contributed by atoms with Crippen molar-refractivity contribution >= 4 is 24.2 Å². The summed E-state index contributed by atoms with van der Waals surface area (Å²) in [6.45, 7) is 12.5. The number of aliphatic hydroxyl groups is 1. The Hall–Kier alpha value is -2.68. The van der Waals surface area contributed by atoms with Crippen LogP contribution in [-0.2, 0) is 19.1 Å². The predicted molar refractivity (Wildman–Crippen MR) is 128 cm³/mol. The van der Waals surface area contributed by atoms with E-state index in [4.69, 9.17) is 4.74 Å². The van der Waals surface area contributed by atoms with Crippen molar-refractivity contribution in [2.24, 2.45) is 5.92 Å². The van der Waals surface area contributed by atoms with Crippen LogP contribution in [0.15, 0.2) is 25.3 Å². The van der Waals surface area contributed by atoms with Crippen molar-refractivity contribution in [1.82, 2.24) is 15.5 Å². The van der Waals surface area contributed by atoms with E-state index in [9.17, 15) is 24.3 Å². The number of likely N-dealkylation sites (tertiary alicyclic amines) is 1. The van der Waals surface area contributed by atoms with E-state index >= 15 is 0 Å². The molecule has 0 aromatic carbocycles. The highest BCUT2D eigenvalue weighted by Crippen LogP contribution is 2.42. The third-order valence-corrected chi connectivity index (χ3v) is 6.16. The highest BCUT2D eigenvalue weighted by atomic mass is 16.6. The first kappa shape index (κ1) is 27.6. The molecule has 5 atom stereocenters. The number of aldehydes is 1. The number of nitrogens with one attached hydrogen (secondary N) is 2. The number of hydrogen-bond acceptors (Lipinski definition) is 6. The number of rotatable bonds is 12. The van der Waals surface area contributed by atoms with E-state index in [-0.39, 0.29) is 18.9 Å². The van der Waals surface area contributed by atoms with Crippen LogP contribution in [0.5, 0.6) is 0 Å². The molecule has 190 valence electrons. The maximum atomic E-state index is 13.5. The molecule has 1 heterocycles. The molecule has 0 bridgehead atoms. The molecule has 0 aromatic rings. The molecular formula is C25H39N3O6. The Kier molecular flexibility index (Phi) is 9.44. The summed E-state index contributed by atoms with van der Waals surface area (Å²) in [7, 11) is 0. The lowest BCUT2D eigenvalue weighted by atomic mass is 10.0. The van der Waals surface area contributed by atoms with Gasteiger partial charge in [0.2, 0.25) is 11.8 Å². The first-order chi connectivity index (χ1) is 16.0. The molecule has 0 radical (unpaired) electrons. The number of aliphatic hydroxyl groups excluding tert-OH is 1. The summed E-state index contributed by atoms with van der Waals surface area (Å²) >= 11 is 0. The third kappa shape index (κ3) is 7.41. The largest absolute Gasteiger partial charge is 0.444 e. The van der Waals surface area contributed by atoms with Crippen LogP contribution in [0.1, 0.15) is 65.7 Å². The number of alkyl carbamates (subject to hydrolysis) is 1. The molecule has 2 fully saturated rings. The zero-order valence-corrected chi connectivity index (χ0v) is 20.5. The maximum absolute atomic E-state index is 13.5. The lowest BCUT2D eigenvalue weighted by Crippen LogP contribution is -2.55. The van der Waals surface area contributed by atoms with Gasteiger partial charge in [-0.15, -0.1) is 13.2 Å². The zero-order chi connectivity index (χ0) is 25.5. The van der Waals surface area contributed by atoms with Crippen LogP contribution < -0.4 is 10.6 Å².